The highest BCUT2D eigenvalue weighted by Crippen LogP contribution is 2.43. The van der Waals surface area contributed by atoms with Crippen molar-refractivity contribution in [2.45, 2.75) is 111 Å². The summed E-state index contributed by atoms with van der Waals surface area (Å²) >= 11 is 0. The van der Waals surface area contributed by atoms with Crippen LogP contribution < -0.4 is 21.0 Å². The lowest BCUT2D eigenvalue weighted by molar-refractivity contribution is -0.155. The number of nitrogens with one attached hydrogen (secondary N) is 3. The number of esters is 1. The number of halogens is 2. The van der Waals surface area contributed by atoms with E-state index >= 15 is 8.78 Å². The zero-order valence-corrected chi connectivity index (χ0v) is 44.1. The SMILES string of the molecule is C=CC(=O)N1CC[C@H](C(=O)N(C)[C@H](C(=O)N[C@H]2Cc3cc(cc(C(F)F)c3)-c3ccc4c(c3)c(c(-c3cc(N5CCNCC5)cnc3[C@H](C)OC)n4CC)CC(C)(C)COC(=O)[C@@H]3CCCN(N3)C2=O)C(C)C)C1. The number of cyclic esters (lactones) is 1. The molecule has 4 aliphatic rings. The summed E-state index contributed by atoms with van der Waals surface area (Å²) in [6.45, 7) is 20.0. The molecule has 0 saturated carbocycles. The molecule has 4 aliphatic heterocycles. The molecule has 2 aromatic heterocycles. The van der Waals surface area contributed by atoms with Gasteiger partial charge in [-0.2, -0.15) is 0 Å². The number of aryl methyl sites for hydroxylation is 1. The molecule has 0 unspecified atom stereocenters. The summed E-state index contributed by atoms with van der Waals surface area (Å²) in [6, 6.07) is 9.57. The number of likely N-dealkylation sites (N-methyl/N-ethyl adjacent to an activating group) is 1. The number of hydrogen-bond acceptors (Lipinski definition) is 11. The fraction of sp³-hybridized carbons (Fsp3) is 0.536. The van der Waals surface area contributed by atoms with Crippen molar-refractivity contribution in [1.82, 2.24) is 40.4 Å². The van der Waals surface area contributed by atoms with Crippen LogP contribution in [0, 0.1) is 17.3 Å². The minimum atomic E-state index is -2.87. The third-order valence-corrected chi connectivity index (χ3v) is 15.2. The number of methoxy groups -OCH3 is 1. The molecule has 0 radical (unpaired) electrons. The van der Waals surface area contributed by atoms with E-state index in [9.17, 15) is 24.0 Å². The van der Waals surface area contributed by atoms with Crippen LogP contribution >= 0.6 is 0 Å². The molecule has 4 amide bonds. The molecule has 18 heteroatoms. The number of anilines is 1. The van der Waals surface area contributed by atoms with Crippen molar-refractivity contribution in [3.8, 4) is 22.4 Å². The molecule has 0 spiro atoms. The van der Waals surface area contributed by atoms with Gasteiger partial charge in [0.1, 0.15) is 18.1 Å². The molecular weight excluding hydrogens is 949 g/mol. The summed E-state index contributed by atoms with van der Waals surface area (Å²) in [6.07, 6.45) is 1.39. The Morgan fingerprint density at radius 1 is 1.03 bits per heavy atom. The lowest BCUT2D eigenvalue weighted by atomic mass is 9.84. The van der Waals surface area contributed by atoms with E-state index in [4.69, 9.17) is 14.5 Å². The Bertz CT molecular complexity index is 2770. The van der Waals surface area contributed by atoms with Crippen molar-refractivity contribution in [2.75, 3.05) is 71.5 Å². The maximum absolute atomic E-state index is 15.1. The van der Waals surface area contributed by atoms with E-state index in [1.54, 1.807) is 39.0 Å². The highest BCUT2D eigenvalue weighted by atomic mass is 19.3. The molecule has 6 heterocycles. The molecule has 74 heavy (non-hydrogen) atoms. The largest absolute Gasteiger partial charge is 0.464 e. The molecule has 5 atom stereocenters. The maximum Gasteiger partial charge on any atom is 0.324 e. The van der Waals surface area contributed by atoms with Gasteiger partial charge in [-0.3, -0.25) is 34.0 Å². The Labute approximate surface area is 433 Å². The molecule has 4 aromatic rings. The van der Waals surface area contributed by atoms with E-state index in [-0.39, 0.29) is 49.6 Å². The Morgan fingerprint density at radius 3 is 2.47 bits per heavy atom. The van der Waals surface area contributed by atoms with Crippen LogP contribution in [0.3, 0.4) is 0 Å². The normalized spacial score (nSPS) is 21.4. The van der Waals surface area contributed by atoms with Crippen LogP contribution in [-0.2, 0) is 52.8 Å². The van der Waals surface area contributed by atoms with Gasteiger partial charge in [-0.05, 0) is 98.0 Å². The van der Waals surface area contributed by atoms with E-state index < -0.39 is 59.6 Å². The van der Waals surface area contributed by atoms with Gasteiger partial charge in [-0.1, -0.05) is 52.5 Å². The zero-order chi connectivity index (χ0) is 53.2. The fourth-order valence-corrected chi connectivity index (χ4v) is 11.3. The first-order valence-corrected chi connectivity index (χ1v) is 26.1. The molecule has 16 nitrogen and oxygen atoms in total. The summed E-state index contributed by atoms with van der Waals surface area (Å²) in [7, 11) is 3.21. The number of alkyl halides is 2. The predicted molar refractivity (Wildman–Crippen MR) is 280 cm³/mol. The van der Waals surface area contributed by atoms with Crippen LogP contribution in [0.25, 0.3) is 33.3 Å². The van der Waals surface area contributed by atoms with Crippen molar-refractivity contribution in [3.63, 3.8) is 0 Å². The van der Waals surface area contributed by atoms with Crippen LogP contribution in [0.4, 0.5) is 14.5 Å². The third kappa shape index (κ3) is 11.4. The number of fused-ring (bicyclic) bond motifs is 6. The van der Waals surface area contributed by atoms with Crippen molar-refractivity contribution in [2.24, 2.45) is 17.3 Å². The van der Waals surface area contributed by atoms with Gasteiger partial charge < -0.3 is 39.4 Å². The molecule has 3 N–H and O–H groups in total. The zero-order valence-electron chi connectivity index (χ0n) is 44.1. The molecule has 398 valence electrons. The fourth-order valence-electron chi connectivity index (χ4n) is 11.3. The lowest BCUT2D eigenvalue weighted by Gasteiger charge is -2.37. The molecule has 0 aliphatic carbocycles. The average Bonchev–Trinajstić information content (AvgIpc) is 4.01. The number of likely N-dealkylation sites (tertiary alicyclic amines) is 1. The van der Waals surface area contributed by atoms with Crippen LogP contribution in [0.15, 0.2) is 61.3 Å². The number of nitrogens with zero attached hydrogens (tertiary/aromatic N) is 6. The van der Waals surface area contributed by atoms with Gasteiger partial charge >= 0.3 is 5.97 Å². The topological polar surface area (TPSA) is 171 Å². The molecule has 6 bridgehead atoms. The quantitative estimate of drug-likeness (QED) is 0.103. The number of piperazine rings is 1. The van der Waals surface area contributed by atoms with E-state index in [0.717, 1.165) is 65.3 Å². The monoisotopic (exact) mass is 1020 g/mol. The highest BCUT2D eigenvalue weighted by Gasteiger charge is 2.40. The van der Waals surface area contributed by atoms with E-state index in [1.807, 2.05) is 45.2 Å². The maximum atomic E-state index is 15.1. The van der Waals surface area contributed by atoms with Crippen LogP contribution in [-0.4, -0.2) is 139 Å². The predicted octanol–water partition coefficient (Wildman–Crippen LogP) is 6.61. The first kappa shape index (κ1) is 54.0. The molecule has 3 saturated heterocycles. The minimum absolute atomic E-state index is 0.0427. The van der Waals surface area contributed by atoms with Gasteiger partial charge in [0.2, 0.25) is 17.7 Å². The minimum Gasteiger partial charge on any atom is -0.464 e. The van der Waals surface area contributed by atoms with Crippen molar-refractivity contribution in [1.29, 1.82) is 0 Å². The number of amides is 4. The van der Waals surface area contributed by atoms with Crippen molar-refractivity contribution < 1.29 is 42.2 Å². The number of hydrogen-bond donors (Lipinski definition) is 3. The second kappa shape index (κ2) is 22.7. The van der Waals surface area contributed by atoms with Crippen molar-refractivity contribution in [3.05, 3.63) is 83.7 Å². The summed E-state index contributed by atoms with van der Waals surface area (Å²) < 4.78 is 44.7. The first-order valence-electron chi connectivity index (χ1n) is 26.1. The van der Waals surface area contributed by atoms with Gasteiger partial charge in [0.25, 0.3) is 12.3 Å². The number of carbonyl (C=O) groups excluding carboxylic acids is 5. The van der Waals surface area contributed by atoms with Gasteiger partial charge in [0, 0.05) is 100 Å². The second-order valence-electron chi connectivity index (χ2n) is 21.4. The standard InChI is InChI=1S/C56H73F2N9O7/c1-10-47(68)65-20-16-37(31-65)53(70)63(8)49(33(3)4)52(69)61-45-25-35-23-38(26-39(24-35)51(57)58)36-14-15-46-41(27-36)43(29-56(6,7)32-74-55(72)44-13-12-19-67(62-44)54(45)71)50(66(46)11-2)42-28-40(64-21-17-59-18-22-64)30-60-48(42)34(5)73-9/h10,14-15,23-24,26-28,30,33-34,37,44-45,49,51,59,62H,1,11-13,16-22,25,29,31-32H2,2-9H3,(H,61,69)/t34-,37-,44-,45-,49-/m0/s1. The van der Waals surface area contributed by atoms with Crippen LogP contribution in [0.5, 0.6) is 0 Å². The van der Waals surface area contributed by atoms with Crippen LogP contribution in [0.2, 0.25) is 0 Å². The van der Waals surface area contributed by atoms with Crippen LogP contribution in [0.1, 0.15) is 95.7 Å². The van der Waals surface area contributed by atoms with E-state index in [1.165, 1.54) is 28.1 Å². The number of carbonyl (C=O) groups is 5. The average molecular weight is 1020 g/mol. The number of pyridine rings is 1. The number of benzene rings is 2. The summed E-state index contributed by atoms with van der Waals surface area (Å²) in [5.41, 5.74) is 9.25. The van der Waals surface area contributed by atoms with Gasteiger partial charge in [0.05, 0.1) is 41.9 Å². The van der Waals surface area contributed by atoms with E-state index in [2.05, 4.69) is 45.1 Å². The molecule has 2 aromatic carbocycles. The number of aromatic nitrogens is 2. The summed E-state index contributed by atoms with van der Waals surface area (Å²) in [4.78, 5) is 80.3. The first-order chi connectivity index (χ1) is 35.3. The van der Waals surface area contributed by atoms with Gasteiger partial charge in [-0.25, -0.2) is 14.2 Å². The Balaban J connectivity index is 1.25. The Morgan fingerprint density at radius 2 is 1.78 bits per heavy atom. The highest BCUT2D eigenvalue weighted by molar-refractivity contribution is 5.96. The van der Waals surface area contributed by atoms with Gasteiger partial charge in [0.15, 0.2) is 0 Å². The molecular formula is C56H73F2N9O7. The lowest BCUT2D eigenvalue weighted by Crippen LogP contribution is -2.62. The molecule has 3 fully saturated rings. The smallest absolute Gasteiger partial charge is 0.324 e. The number of rotatable bonds is 12. The van der Waals surface area contributed by atoms with Crippen molar-refractivity contribution >= 4 is 46.2 Å². The Kier molecular flexibility index (Phi) is 16.6. The summed E-state index contributed by atoms with van der Waals surface area (Å²) in [5, 5.41) is 8.59. The van der Waals surface area contributed by atoms with E-state index in [0.29, 0.717) is 55.5 Å². The Hall–Kier alpha value is -6.24. The summed E-state index contributed by atoms with van der Waals surface area (Å²) in [5.74, 6) is -3.29. The molecule has 8 rings (SSSR count). The number of hydrazine groups is 1. The number of ether oxygens (including phenoxy) is 2. The second-order valence-corrected chi connectivity index (χ2v) is 21.4. The third-order valence-electron chi connectivity index (χ3n) is 15.2. The van der Waals surface area contributed by atoms with Gasteiger partial charge in [-0.15, -0.1) is 0 Å².